The van der Waals surface area contributed by atoms with Gasteiger partial charge in [-0.3, -0.25) is 14.8 Å². The highest BCUT2D eigenvalue weighted by Crippen LogP contribution is 2.15. The number of nitrogens with zero attached hydrogens (tertiary/aromatic N) is 3. The van der Waals surface area contributed by atoms with Crippen molar-refractivity contribution in [2.24, 2.45) is 0 Å². The van der Waals surface area contributed by atoms with E-state index in [1.165, 1.54) is 10.4 Å². The molecule has 1 N–H and O–H groups in total. The minimum absolute atomic E-state index is 0.336. The van der Waals surface area contributed by atoms with Crippen molar-refractivity contribution >= 4 is 11.3 Å². The summed E-state index contributed by atoms with van der Waals surface area (Å²) in [6.45, 7) is 6.40. The van der Waals surface area contributed by atoms with Crippen LogP contribution in [0.4, 0.5) is 0 Å². The third-order valence-electron chi connectivity index (χ3n) is 3.67. The second kappa shape index (κ2) is 6.35. The quantitative estimate of drug-likeness (QED) is 0.936. The van der Waals surface area contributed by atoms with E-state index in [9.17, 15) is 5.11 Å². The normalized spacial score (nSPS) is 17.4. The Bertz CT molecular complexity index is 519. The van der Waals surface area contributed by atoms with Crippen LogP contribution < -0.4 is 0 Å². The van der Waals surface area contributed by atoms with E-state index in [-0.39, 0.29) is 0 Å². The lowest BCUT2D eigenvalue weighted by atomic mass is 10.2. The van der Waals surface area contributed by atoms with Crippen molar-refractivity contribution in [3.63, 3.8) is 0 Å². The van der Waals surface area contributed by atoms with Gasteiger partial charge in [0.15, 0.2) is 0 Å². The minimum atomic E-state index is 0.336. The number of piperazine rings is 1. The maximum absolute atomic E-state index is 9.30. The average Bonchev–Trinajstić information content (AvgIpc) is 2.96. The first-order chi connectivity index (χ1) is 9.79. The Morgan fingerprint density at radius 3 is 2.25 bits per heavy atom. The predicted octanol–water partition coefficient (Wildman–Crippen LogP) is 2.17. The molecular formula is C15H19N3OS. The Labute approximate surface area is 123 Å². The summed E-state index contributed by atoms with van der Waals surface area (Å²) in [5.41, 5.74) is 3.16. The molecular weight excluding hydrogens is 270 g/mol. The number of aromatic hydroxyl groups is 1. The van der Waals surface area contributed by atoms with Crippen LogP contribution in [0.15, 0.2) is 36.0 Å². The van der Waals surface area contributed by atoms with E-state index in [0.29, 0.717) is 5.75 Å². The lowest BCUT2D eigenvalue weighted by Crippen LogP contribution is -2.45. The van der Waals surface area contributed by atoms with Gasteiger partial charge in [-0.25, -0.2) is 0 Å². The van der Waals surface area contributed by atoms with Gasteiger partial charge in [0.1, 0.15) is 5.75 Å². The zero-order valence-electron chi connectivity index (χ0n) is 11.4. The van der Waals surface area contributed by atoms with E-state index in [1.54, 1.807) is 23.5 Å². The molecule has 2 aromatic rings. The predicted molar refractivity (Wildman–Crippen MR) is 80.8 cm³/mol. The van der Waals surface area contributed by atoms with Crippen LogP contribution in [0, 0.1) is 0 Å². The van der Waals surface area contributed by atoms with Crippen LogP contribution in [0.25, 0.3) is 0 Å². The summed E-state index contributed by atoms with van der Waals surface area (Å²) in [7, 11) is 0. The van der Waals surface area contributed by atoms with Crippen molar-refractivity contribution in [3.05, 3.63) is 46.4 Å². The summed E-state index contributed by atoms with van der Waals surface area (Å²) < 4.78 is 0. The van der Waals surface area contributed by atoms with E-state index in [0.717, 1.165) is 39.3 Å². The Hall–Kier alpha value is -1.43. The molecule has 0 bridgehead atoms. The molecule has 1 fully saturated rings. The summed E-state index contributed by atoms with van der Waals surface area (Å²) in [4.78, 5) is 10.4. The van der Waals surface area contributed by atoms with Gasteiger partial charge in [0.2, 0.25) is 0 Å². The highest BCUT2D eigenvalue weighted by Gasteiger charge is 2.17. The summed E-state index contributed by atoms with van der Waals surface area (Å²) in [6.07, 6.45) is 1.97. The summed E-state index contributed by atoms with van der Waals surface area (Å²) in [5, 5.41) is 9.30. The average molecular weight is 289 g/mol. The fourth-order valence-electron chi connectivity index (χ4n) is 2.51. The third kappa shape index (κ3) is 3.56. The highest BCUT2D eigenvalue weighted by atomic mass is 32.1. The first-order valence-electron chi connectivity index (χ1n) is 6.89. The molecule has 0 aliphatic carbocycles. The van der Waals surface area contributed by atoms with Gasteiger partial charge in [0, 0.05) is 50.3 Å². The van der Waals surface area contributed by atoms with Crippen LogP contribution in [0.1, 0.15) is 10.4 Å². The van der Waals surface area contributed by atoms with Crippen molar-refractivity contribution in [2.45, 2.75) is 13.1 Å². The molecule has 5 heteroatoms. The molecule has 1 aliphatic heterocycles. The molecule has 0 radical (unpaired) electrons. The van der Waals surface area contributed by atoms with Gasteiger partial charge in [0.25, 0.3) is 0 Å². The van der Waals surface area contributed by atoms with Crippen LogP contribution >= 0.6 is 11.3 Å². The largest absolute Gasteiger partial charge is 0.508 e. The molecule has 0 saturated carbocycles. The smallest absolute Gasteiger partial charge is 0.115 e. The molecule has 0 amide bonds. The molecule has 1 saturated heterocycles. The van der Waals surface area contributed by atoms with Gasteiger partial charge in [-0.1, -0.05) is 12.1 Å². The van der Waals surface area contributed by atoms with E-state index in [4.69, 9.17) is 0 Å². The molecule has 20 heavy (non-hydrogen) atoms. The van der Waals surface area contributed by atoms with Crippen molar-refractivity contribution in [1.29, 1.82) is 0 Å². The van der Waals surface area contributed by atoms with Crippen molar-refractivity contribution in [1.82, 2.24) is 14.8 Å². The first kappa shape index (κ1) is 13.5. The van der Waals surface area contributed by atoms with Crippen LogP contribution in [0.3, 0.4) is 0 Å². The molecule has 0 spiro atoms. The van der Waals surface area contributed by atoms with E-state index in [1.807, 2.05) is 23.8 Å². The van der Waals surface area contributed by atoms with Crippen LogP contribution in [0.2, 0.25) is 0 Å². The number of phenolic OH excluding ortho intramolecular Hbond substituents is 1. The second-order valence-electron chi connectivity index (χ2n) is 5.19. The lowest BCUT2D eigenvalue weighted by molar-refractivity contribution is 0.123. The molecule has 2 heterocycles. The number of hydrogen-bond donors (Lipinski definition) is 1. The summed E-state index contributed by atoms with van der Waals surface area (Å²) >= 11 is 1.73. The summed E-state index contributed by atoms with van der Waals surface area (Å²) in [6, 6.07) is 7.52. The van der Waals surface area contributed by atoms with Crippen LogP contribution in [-0.2, 0) is 13.1 Å². The number of hydrogen-bond acceptors (Lipinski definition) is 5. The van der Waals surface area contributed by atoms with Crippen molar-refractivity contribution < 1.29 is 5.11 Å². The maximum Gasteiger partial charge on any atom is 0.115 e. The number of benzene rings is 1. The van der Waals surface area contributed by atoms with Crippen LogP contribution in [-0.4, -0.2) is 46.1 Å². The first-order valence-corrected chi connectivity index (χ1v) is 7.77. The SMILES string of the molecule is Oc1ccc(CN2CCN(Cc3cncs3)CC2)cc1. The Balaban J connectivity index is 1.47. The standard InChI is InChI=1S/C15H19N3OS/c19-14-3-1-13(2-4-14)10-17-5-7-18(8-6-17)11-15-9-16-12-20-15/h1-4,9,12,19H,5-8,10-11H2. The minimum Gasteiger partial charge on any atom is -0.508 e. The monoisotopic (exact) mass is 289 g/mol. The van der Waals surface area contributed by atoms with Gasteiger partial charge in [-0.2, -0.15) is 0 Å². The van der Waals surface area contributed by atoms with Crippen molar-refractivity contribution in [3.8, 4) is 5.75 Å². The third-order valence-corrected chi connectivity index (χ3v) is 4.43. The molecule has 1 aromatic heterocycles. The van der Waals surface area contributed by atoms with Gasteiger partial charge in [-0.15, -0.1) is 11.3 Å². The van der Waals surface area contributed by atoms with Gasteiger partial charge in [0.05, 0.1) is 5.51 Å². The second-order valence-corrected chi connectivity index (χ2v) is 6.16. The molecule has 106 valence electrons. The number of rotatable bonds is 4. The van der Waals surface area contributed by atoms with E-state index in [2.05, 4.69) is 14.8 Å². The highest BCUT2D eigenvalue weighted by molar-refractivity contribution is 7.09. The Morgan fingerprint density at radius 2 is 1.65 bits per heavy atom. The number of phenols is 1. The molecule has 4 nitrogen and oxygen atoms in total. The van der Waals surface area contributed by atoms with Gasteiger partial charge < -0.3 is 5.11 Å². The lowest BCUT2D eigenvalue weighted by Gasteiger charge is -2.34. The van der Waals surface area contributed by atoms with Gasteiger partial charge >= 0.3 is 0 Å². The molecule has 0 atom stereocenters. The molecule has 0 unspecified atom stereocenters. The number of thiazole rings is 1. The Kier molecular flexibility index (Phi) is 4.30. The van der Waals surface area contributed by atoms with Gasteiger partial charge in [-0.05, 0) is 17.7 Å². The molecule has 1 aromatic carbocycles. The zero-order valence-corrected chi connectivity index (χ0v) is 12.2. The van der Waals surface area contributed by atoms with Crippen molar-refractivity contribution in [2.75, 3.05) is 26.2 Å². The fourth-order valence-corrected chi connectivity index (χ4v) is 3.14. The fraction of sp³-hybridized carbons (Fsp3) is 0.400. The summed E-state index contributed by atoms with van der Waals surface area (Å²) in [5.74, 6) is 0.336. The maximum atomic E-state index is 9.30. The molecule has 1 aliphatic rings. The number of aromatic nitrogens is 1. The van der Waals surface area contributed by atoms with E-state index < -0.39 is 0 Å². The van der Waals surface area contributed by atoms with E-state index >= 15 is 0 Å². The van der Waals surface area contributed by atoms with Crippen LogP contribution in [0.5, 0.6) is 5.75 Å². The Morgan fingerprint density at radius 1 is 1.00 bits per heavy atom. The zero-order chi connectivity index (χ0) is 13.8. The topological polar surface area (TPSA) is 39.6 Å². The molecule has 3 rings (SSSR count).